The molecule has 0 unspecified atom stereocenters. The number of pyridine rings is 1. The Kier molecular flexibility index (Phi) is 10.1. The number of alkyl halides is 3. The molecule has 12 nitrogen and oxygen atoms in total. The molecule has 1 aliphatic heterocycles. The monoisotopic (exact) mass is 726 g/mol. The topological polar surface area (TPSA) is 156 Å². The van der Waals surface area contributed by atoms with Crippen LogP contribution in [-0.2, 0) is 19.1 Å². The third kappa shape index (κ3) is 7.10. The molecule has 3 aliphatic rings. The highest BCUT2D eigenvalue weighted by Crippen LogP contribution is 2.48. The number of amides is 3. The smallest absolute Gasteiger partial charge is 0.428 e. The molecular weight excluding hydrogens is 685 g/mol. The minimum Gasteiger partial charge on any atom is -0.488 e. The zero-order chi connectivity index (χ0) is 36.8. The van der Waals surface area contributed by atoms with Crippen LogP contribution in [0.5, 0.6) is 11.6 Å². The van der Waals surface area contributed by atoms with E-state index in [9.17, 15) is 37.5 Å². The van der Waals surface area contributed by atoms with Gasteiger partial charge in [0.2, 0.25) is 23.3 Å². The lowest BCUT2D eigenvalue weighted by molar-refractivity contribution is -0.284. The van der Waals surface area contributed by atoms with E-state index in [1.807, 2.05) is 6.92 Å². The second-order valence-electron chi connectivity index (χ2n) is 14.3. The molecule has 5 atom stereocenters. The summed E-state index contributed by atoms with van der Waals surface area (Å²) in [5.74, 6) is -2.48. The zero-order valence-corrected chi connectivity index (χ0v) is 29.2. The Morgan fingerprint density at radius 3 is 2.40 bits per heavy atom. The number of carboxylic acid groups (broad SMARTS) is 1. The molecule has 0 spiro atoms. The summed E-state index contributed by atoms with van der Waals surface area (Å²) in [7, 11) is 0. The van der Waals surface area contributed by atoms with Crippen LogP contribution in [0.2, 0.25) is 5.02 Å². The molecule has 0 radical (unpaired) electrons. The molecule has 50 heavy (non-hydrogen) atoms. The lowest BCUT2D eigenvalue weighted by Gasteiger charge is -2.42. The number of alkyl carbamates (subject to hydrolysis) is 1. The van der Waals surface area contributed by atoms with Crippen LogP contribution >= 0.6 is 11.6 Å². The number of likely N-dealkylation sites (tertiary alicyclic amines) is 1. The van der Waals surface area contributed by atoms with Gasteiger partial charge in [0.1, 0.15) is 29.5 Å². The Morgan fingerprint density at radius 2 is 1.86 bits per heavy atom. The van der Waals surface area contributed by atoms with E-state index >= 15 is 0 Å². The van der Waals surface area contributed by atoms with Crippen LogP contribution < -0.4 is 20.1 Å². The number of aromatic nitrogens is 1. The molecule has 2 heterocycles. The molecular formula is C34H42ClF3N4O8. The number of nitrogens with one attached hydrogen (secondary N) is 2. The van der Waals surface area contributed by atoms with Gasteiger partial charge < -0.3 is 34.9 Å². The fraction of sp³-hybridized carbons (Fsp3) is 0.618. The minimum atomic E-state index is -4.80. The predicted molar refractivity (Wildman–Crippen MR) is 175 cm³/mol. The molecule has 5 rings (SSSR count). The Labute approximate surface area is 292 Å². The summed E-state index contributed by atoms with van der Waals surface area (Å²) in [6.07, 6.45) is -6.96. The van der Waals surface area contributed by atoms with Gasteiger partial charge >= 0.3 is 18.2 Å². The number of benzene rings is 1. The number of carboxylic acids is 1. The Balaban J connectivity index is 1.45. The van der Waals surface area contributed by atoms with Gasteiger partial charge in [0.15, 0.2) is 0 Å². The van der Waals surface area contributed by atoms with Gasteiger partial charge in [-0.3, -0.25) is 9.59 Å². The van der Waals surface area contributed by atoms with Crippen LogP contribution in [-0.4, -0.2) is 87.5 Å². The van der Waals surface area contributed by atoms with E-state index in [0.29, 0.717) is 34.7 Å². The van der Waals surface area contributed by atoms with Crippen molar-refractivity contribution in [3.8, 4) is 11.6 Å². The van der Waals surface area contributed by atoms with E-state index < -0.39 is 77.6 Å². The number of nitrogens with zero attached hydrogens (tertiary/aromatic N) is 2. The van der Waals surface area contributed by atoms with Crippen molar-refractivity contribution in [1.82, 2.24) is 20.5 Å². The molecule has 0 bridgehead atoms. The van der Waals surface area contributed by atoms with Crippen molar-refractivity contribution in [2.45, 2.75) is 109 Å². The highest BCUT2D eigenvalue weighted by molar-refractivity contribution is 6.35. The summed E-state index contributed by atoms with van der Waals surface area (Å²) in [6.45, 7) is 8.52. The van der Waals surface area contributed by atoms with Crippen molar-refractivity contribution in [2.75, 3.05) is 13.2 Å². The zero-order valence-electron chi connectivity index (χ0n) is 28.5. The van der Waals surface area contributed by atoms with E-state index in [4.69, 9.17) is 25.8 Å². The van der Waals surface area contributed by atoms with Gasteiger partial charge in [-0.25, -0.2) is 14.6 Å². The van der Waals surface area contributed by atoms with Crippen molar-refractivity contribution in [3.63, 3.8) is 0 Å². The molecule has 3 N–H and O–H groups in total. The van der Waals surface area contributed by atoms with Crippen LogP contribution in [0.4, 0.5) is 18.0 Å². The highest BCUT2D eigenvalue weighted by Gasteiger charge is 2.63. The second-order valence-corrected chi connectivity index (χ2v) is 14.7. The third-order valence-corrected chi connectivity index (χ3v) is 10.1. The lowest BCUT2D eigenvalue weighted by atomic mass is 9.79. The van der Waals surface area contributed by atoms with E-state index in [1.165, 1.54) is 4.90 Å². The van der Waals surface area contributed by atoms with Gasteiger partial charge in [0, 0.05) is 17.9 Å². The van der Waals surface area contributed by atoms with Crippen molar-refractivity contribution in [2.24, 2.45) is 11.3 Å². The second kappa shape index (κ2) is 13.6. The predicted octanol–water partition coefficient (Wildman–Crippen LogP) is 5.63. The van der Waals surface area contributed by atoms with Gasteiger partial charge in [-0.05, 0) is 56.1 Å². The summed E-state index contributed by atoms with van der Waals surface area (Å²) < 4.78 is 58.3. The van der Waals surface area contributed by atoms with Crippen LogP contribution in [0, 0.1) is 11.3 Å². The molecule has 1 aromatic heterocycles. The third-order valence-electron chi connectivity index (χ3n) is 9.83. The highest BCUT2D eigenvalue weighted by atomic mass is 35.5. The summed E-state index contributed by atoms with van der Waals surface area (Å²) >= 11 is 6.43. The fourth-order valence-electron chi connectivity index (χ4n) is 6.71. The van der Waals surface area contributed by atoms with Gasteiger partial charge in [0.25, 0.3) is 0 Å². The summed E-state index contributed by atoms with van der Waals surface area (Å²) in [5.41, 5.74) is -4.79. The Bertz CT molecular complexity index is 1660. The molecule has 2 aliphatic carbocycles. The van der Waals surface area contributed by atoms with E-state index in [1.54, 1.807) is 52.0 Å². The first kappa shape index (κ1) is 37.3. The van der Waals surface area contributed by atoms with Crippen molar-refractivity contribution in [3.05, 3.63) is 29.3 Å². The molecule has 1 aromatic carbocycles. The molecule has 2 aromatic rings. The first-order valence-corrected chi connectivity index (χ1v) is 17.0. The largest absolute Gasteiger partial charge is 0.488 e. The van der Waals surface area contributed by atoms with Gasteiger partial charge in [-0.2, -0.15) is 13.2 Å². The summed E-state index contributed by atoms with van der Waals surface area (Å²) in [6, 6.07) is 3.97. The number of hydrogen-bond donors (Lipinski definition) is 3. The van der Waals surface area contributed by atoms with E-state index in [-0.39, 0.29) is 37.6 Å². The number of carbonyl (C=O) groups is 4. The Hall–Kier alpha value is -4.01. The molecule has 2 saturated carbocycles. The number of halogens is 4. The fourth-order valence-corrected chi connectivity index (χ4v) is 6.93. The lowest BCUT2D eigenvalue weighted by Crippen LogP contribution is -2.61. The molecule has 16 heteroatoms. The molecule has 3 amide bonds. The van der Waals surface area contributed by atoms with E-state index in [0.717, 1.165) is 0 Å². The number of carbonyl (C=O) groups excluding carboxylic acids is 3. The van der Waals surface area contributed by atoms with Gasteiger partial charge in [0.05, 0.1) is 23.7 Å². The van der Waals surface area contributed by atoms with Crippen molar-refractivity contribution < 1.29 is 51.7 Å². The number of ether oxygens (including phenoxy) is 3. The summed E-state index contributed by atoms with van der Waals surface area (Å²) in [4.78, 5) is 59.1. The van der Waals surface area contributed by atoms with Crippen LogP contribution in [0.3, 0.4) is 0 Å². The maximum absolute atomic E-state index is 14.4. The average Bonchev–Trinajstić information content (AvgIpc) is 3.56. The number of fused-ring (bicyclic) bond motifs is 1. The molecule has 1 saturated heterocycles. The van der Waals surface area contributed by atoms with Crippen molar-refractivity contribution in [1.29, 1.82) is 0 Å². The first-order chi connectivity index (χ1) is 23.4. The quantitative estimate of drug-likeness (QED) is 0.267. The SMILES string of the molecule is CCOc1cc(O[C@@H]2C[C@@H](C(=O)N[C@]3(C(=O)O)C[C@H]3CC)N(C(=O)[C@@H](NC(=O)OC3(C(F)(F)F)CCC3)C(C)(C)C)C2)c2cccc(Cl)c2n1. The molecule has 274 valence electrons. The summed E-state index contributed by atoms with van der Waals surface area (Å²) in [5, 5.41) is 15.9. The average molecular weight is 727 g/mol. The van der Waals surface area contributed by atoms with Crippen LogP contribution in [0.1, 0.15) is 73.1 Å². The van der Waals surface area contributed by atoms with E-state index in [2.05, 4.69) is 15.6 Å². The first-order valence-electron chi connectivity index (χ1n) is 16.7. The minimum absolute atomic E-state index is 0.0725. The maximum atomic E-state index is 14.4. The number of aliphatic carboxylic acids is 1. The molecule has 3 fully saturated rings. The van der Waals surface area contributed by atoms with Crippen molar-refractivity contribution >= 4 is 46.4 Å². The van der Waals surface area contributed by atoms with Crippen LogP contribution in [0.25, 0.3) is 10.9 Å². The van der Waals surface area contributed by atoms with Gasteiger partial charge in [-0.1, -0.05) is 51.8 Å². The van der Waals surface area contributed by atoms with Crippen LogP contribution in [0.15, 0.2) is 24.3 Å². The normalized spacial score (nSPS) is 24.9. The standard InChI is InChI=1S/C34H42ClF3N4O8/c1-6-18-16-33(18,29(45)46)41-27(43)22-14-19(49-23-15-24(48-7-2)39-25-20(23)10-8-11-21(25)35)17-42(22)28(44)26(31(3,4)5)40-30(47)50-32(12-9-13-32)34(36,37)38/h8,10-11,15,18-19,22,26H,6-7,9,12-14,16-17H2,1-5H3,(H,40,47)(H,41,43)(H,45,46)/t18-,19-,22+,26-,33-/m1/s1. The number of para-hydroxylation sites is 1. The maximum Gasteiger partial charge on any atom is 0.428 e. The number of rotatable bonds is 11. The Morgan fingerprint density at radius 1 is 1.16 bits per heavy atom. The number of hydrogen-bond acceptors (Lipinski definition) is 8. The van der Waals surface area contributed by atoms with Gasteiger partial charge in [-0.15, -0.1) is 0 Å².